The lowest BCUT2D eigenvalue weighted by Gasteiger charge is -2.32. The fourth-order valence-corrected chi connectivity index (χ4v) is 3.70. The van der Waals surface area contributed by atoms with Crippen LogP contribution in [0, 0.1) is 0 Å². The lowest BCUT2D eigenvalue weighted by atomic mass is 9.77. The van der Waals surface area contributed by atoms with E-state index >= 15 is 0 Å². The van der Waals surface area contributed by atoms with E-state index in [9.17, 15) is 0 Å². The second-order valence-electron chi connectivity index (χ2n) is 9.79. The van der Waals surface area contributed by atoms with E-state index < -0.39 is 0 Å². The standard InChI is InChI=1S/C16H25BO3.C10H13BrO/c1-11(2)12-8-9-13(14(10-12)18-7)17-19-15(3,4)16(5,6)20-17;1-7(2)8-4-5-9(11)10(6-8)12-3/h8-11H,1-7H3;4-7H,1-3H3. The minimum absolute atomic E-state index is 0.334. The average Bonchev–Trinajstić information content (AvgIpc) is 2.95. The molecule has 32 heavy (non-hydrogen) atoms. The Morgan fingerprint density at radius 3 is 1.62 bits per heavy atom. The topological polar surface area (TPSA) is 36.9 Å². The predicted octanol–water partition coefficient (Wildman–Crippen LogP) is 6.70. The van der Waals surface area contributed by atoms with Crippen molar-refractivity contribution in [3.63, 3.8) is 0 Å². The Morgan fingerprint density at radius 2 is 1.19 bits per heavy atom. The molecule has 176 valence electrons. The van der Waals surface area contributed by atoms with E-state index in [1.807, 2.05) is 6.07 Å². The second kappa shape index (κ2) is 10.6. The van der Waals surface area contributed by atoms with Crippen molar-refractivity contribution >= 4 is 28.5 Å². The van der Waals surface area contributed by atoms with Crippen molar-refractivity contribution in [3.8, 4) is 11.5 Å². The summed E-state index contributed by atoms with van der Waals surface area (Å²) in [6, 6.07) is 12.4. The van der Waals surface area contributed by atoms with E-state index in [1.54, 1.807) is 14.2 Å². The minimum Gasteiger partial charge on any atom is -0.497 e. The largest absolute Gasteiger partial charge is 0.498 e. The molecule has 1 aliphatic rings. The molecular formula is C26H38BBrO4. The van der Waals surface area contributed by atoms with Gasteiger partial charge >= 0.3 is 7.12 Å². The van der Waals surface area contributed by atoms with Crippen LogP contribution < -0.4 is 14.9 Å². The quantitative estimate of drug-likeness (QED) is 0.424. The second-order valence-corrected chi connectivity index (χ2v) is 10.6. The van der Waals surface area contributed by atoms with Crippen molar-refractivity contribution < 1.29 is 18.8 Å². The van der Waals surface area contributed by atoms with Crippen molar-refractivity contribution in [2.45, 2.75) is 78.4 Å². The number of methoxy groups -OCH3 is 2. The van der Waals surface area contributed by atoms with Crippen molar-refractivity contribution in [2.75, 3.05) is 14.2 Å². The molecule has 0 unspecified atom stereocenters. The van der Waals surface area contributed by atoms with Gasteiger partial charge in [-0.3, -0.25) is 0 Å². The molecule has 0 atom stereocenters. The molecule has 2 aromatic rings. The van der Waals surface area contributed by atoms with E-state index in [4.69, 9.17) is 18.8 Å². The van der Waals surface area contributed by atoms with Gasteiger partial charge in [-0.15, -0.1) is 0 Å². The third kappa shape index (κ3) is 6.09. The fraction of sp³-hybridized carbons (Fsp3) is 0.538. The summed E-state index contributed by atoms with van der Waals surface area (Å²) in [6.07, 6.45) is 0. The molecular weight excluding hydrogens is 467 g/mol. The monoisotopic (exact) mass is 504 g/mol. The van der Waals surface area contributed by atoms with Crippen molar-refractivity contribution in [2.24, 2.45) is 0 Å². The van der Waals surface area contributed by atoms with Crippen LogP contribution in [0.1, 0.15) is 78.4 Å². The molecule has 1 saturated heterocycles. The Bertz CT molecular complexity index is 893. The molecule has 0 amide bonds. The number of benzene rings is 2. The molecule has 4 nitrogen and oxygen atoms in total. The Kier molecular flexibility index (Phi) is 8.88. The number of hydrogen-bond acceptors (Lipinski definition) is 4. The fourth-order valence-electron chi connectivity index (χ4n) is 3.29. The maximum atomic E-state index is 6.09. The van der Waals surface area contributed by atoms with Crippen LogP contribution in [0.4, 0.5) is 0 Å². The van der Waals surface area contributed by atoms with Gasteiger partial charge in [0.2, 0.25) is 0 Å². The minimum atomic E-state index is -0.379. The Labute approximate surface area is 203 Å². The highest BCUT2D eigenvalue weighted by Crippen LogP contribution is 2.37. The van der Waals surface area contributed by atoms with Crippen LogP contribution >= 0.6 is 15.9 Å². The first-order chi connectivity index (χ1) is 14.8. The molecule has 3 rings (SSSR count). The number of ether oxygens (including phenoxy) is 2. The van der Waals surface area contributed by atoms with Crippen LogP contribution in [-0.2, 0) is 9.31 Å². The molecule has 1 fully saturated rings. The molecule has 0 spiro atoms. The summed E-state index contributed by atoms with van der Waals surface area (Å²) in [5.74, 6) is 2.75. The summed E-state index contributed by atoms with van der Waals surface area (Å²) in [4.78, 5) is 0. The zero-order chi connectivity index (χ0) is 24.3. The van der Waals surface area contributed by atoms with Crippen molar-refractivity contribution in [1.82, 2.24) is 0 Å². The molecule has 1 heterocycles. The summed E-state index contributed by atoms with van der Waals surface area (Å²) in [6.45, 7) is 16.9. The summed E-state index contributed by atoms with van der Waals surface area (Å²) in [7, 11) is 2.99. The molecule has 6 heteroatoms. The van der Waals surface area contributed by atoms with Crippen LogP contribution in [0.5, 0.6) is 11.5 Å². The van der Waals surface area contributed by atoms with Gasteiger partial charge in [-0.1, -0.05) is 45.9 Å². The predicted molar refractivity (Wildman–Crippen MR) is 138 cm³/mol. The van der Waals surface area contributed by atoms with E-state index in [2.05, 4.69) is 102 Å². The Morgan fingerprint density at radius 1 is 0.750 bits per heavy atom. The number of halogens is 1. The normalized spacial score (nSPS) is 16.7. The van der Waals surface area contributed by atoms with Crippen molar-refractivity contribution in [3.05, 3.63) is 52.0 Å². The molecule has 0 aliphatic carbocycles. The highest BCUT2D eigenvalue weighted by Gasteiger charge is 2.52. The molecule has 0 N–H and O–H groups in total. The third-order valence-electron chi connectivity index (χ3n) is 6.27. The summed E-state index contributed by atoms with van der Waals surface area (Å²) in [5, 5.41) is 0. The first-order valence-corrected chi connectivity index (χ1v) is 12.0. The van der Waals surface area contributed by atoms with Crippen LogP contribution in [0.2, 0.25) is 0 Å². The molecule has 0 radical (unpaired) electrons. The van der Waals surface area contributed by atoms with E-state index in [0.717, 1.165) is 21.4 Å². The van der Waals surface area contributed by atoms with E-state index in [0.29, 0.717) is 11.8 Å². The third-order valence-corrected chi connectivity index (χ3v) is 6.93. The van der Waals surface area contributed by atoms with Crippen LogP contribution in [0.15, 0.2) is 40.9 Å². The van der Waals surface area contributed by atoms with Gasteiger partial charge in [0.05, 0.1) is 29.9 Å². The van der Waals surface area contributed by atoms with Gasteiger partial charge in [0.25, 0.3) is 0 Å². The number of rotatable bonds is 5. The molecule has 0 bridgehead atoms. The maximum Gasteiger partial charge on any atom is 0.498 e. The maximum absolute atomic E-state index is 6.09. The van der Waals surface area contributed by atoms with Crippen LogP contribution in [0.25, 0.3) is 0 Å². The van der Waals surface area contributed by atoms with Crippen LogP contribution in [0.3, 0.4) is 0 Å². The first-order valence-electron chi connectivity index (χ1n) is 11.2. The lowest BCUT2D eigenvalue weighted by Crippen LogP contribution is -2.41. The Hall–Kier alpha value is -1.50. The highest BCUT2D eigenvalue weighted by atomic mass is 79.9. The van der Waals surface area contributed by atoms with Crippen LogP contribution in [-0.4, -0.2) is 32.5 Å². The SMILES string of the molecule is COc1cc(C(C)C)ccc1B1OC(C)(C)C(C)(C)O1.COc1cc(C(C)C)ccc1Br. The van der Waals surface area contributed by atoms with Gasteiger partial charge in [-0.25, -0.2) is 0 Å². The Balaban J connectivity index is 0.000000258. The molecule has 0 saturated carbocycles. The van der Waals surface area contributed by atoms with Gasteiger partial charge in [0.1, 0.15) is 11.5 Å². The van der Waals surface area contributed by atoms with E-state index in [-0.39, 0.29) is 18.3 Å². The summed E-state index contributed by atoms with van der Waals surface area (Å²) >= 11 is 3.41. The van der Waals surface area contributed by atoms with E-state index in [1.165, 1.54) is 11.1 Å². The number of hydrogen-bond donors (Lipinski definition) is 0. The zero-order valence-corrected chi connectivity index (χ0v) is 22.8. The van der Waals surface area contributed by atoms with Gasteiger partial charge in [-0.05, 0) is 84.8 Å². The van der Waals surface area contributed by atoms with Gasteiger partial charge in [0, 0.05) is 5.46 Å². The first kappa shape index (κ1) is 26.8. The molecule has 1 aliphatic heterocycles. The highest BCUT2D eigenvalue weighted by molar-refractivity contribution is 9.10. The zero-order valence-electron chi connectivity index (χ0n) is 21.2. The smallest absolute Gasteiger partial charge is 0.497 e. The molecule has 0 aromatic heterocycles. The summed E-state index contributed by atoms with van der Waals surface area (Å²) < 4.78 is 23.9. The van der Waals surface area contributed by atoms with Gasteiger partial charge in [-0.2, -0.15) is 0 Å². The average molecular weight is 505 g/mol. The lowest BCUT2D eigenvalue weighted by molar-refractivity contribution is 0.00578. The van der Waals surface area contributed by atoms with Crippen molar-refractivity contribution in [1.29, 1.82) is 0 Å². The van der Waals surface area contributed by atoms with Gasteiger partial charge < -0.3 is 18.8 Å². The molecule has 2 aromatic carbocycles. The van der Waals surface area contributed by atoms with Gasteiger partial charge in [0.15, 0.2) is 0 Å². The summed E-state index contributed by atoms with van der Waals surface area (Å²) in [5.41, 5.74) is 2.84.